The normalized spacial score (nSPS) is 15.2. The van der Waals surface area contributed by atoms with Crippen molar-refractivity contribution in [2.75, 3.05) is 5.75 Å². The Balaban J connectivity index is 1.65. The van der Waals surface area contributed by atoms with Crippen LogP contribution >= 0.6 is 11.8 Å². The monoisotopic (exact) mass is 470 g/mol. The molecular weight excluding hydrogens is 435 g/mol. The fraction of sp³-hybridized carbons (Fsp3) is 0.481. The van der Waals surface area contributed by atoms with E-state index < -0.39 is 6.04 Å². The second-order valence-electron chi connectivity index (χ2n) is 9.16. The maximum Gasteiger partial charge on any atom is 0.242 e. The van der Waals surface area contributed by atoms with Crippen molar-refractivity contribution < 1.29 is 14.0 Å². The van der Waals surface area contributed by atoms with Crippen LogP contribution in [0.2, 0.25) is 0 Å². The number of nitrogens with one attached hydrogen (secondary N) is 1. The van der Waals surface area contributed by atoms with E-state index >= 15 is 0 Å². The molecule has 1 aliphatic rings. The maximum absolute atomic E-state index is 13.4. The van der Waals surface area contributed by atoms with Gasteiger partial charge in [0.2, 0.25) is 11.8 Å². The van der Waals surface area contributed by atoms with Gasteiger partial charge in [-0.1, -0.05) is 60.7 Å². The number of nitrogens with zero attached hydrogens (tertiary/aromatic N) is 1. The molecule has 1 N–H and O–H groups in total. The number of carbonyl (C=O) groups excluding carboxylic acids is 2. The highest BCUT2D eigenvalue weighted by Crippen LogP contribution is 2.20. The van der Waals surface area contributed by atoms with Gasteiger partial charge in [0.25, 0.3) is 0 Å². The van der Waals surface area contributed by atoms with Gasteiger partial charge in [0.05, 0.1) is 5.75 Å². The molecule has 178 valence electrons. The van der Waals surface area contributed by atoms with Crippen molar-refractivity contribution >= 4 is 23.6 Å². The number of carbonyl (C=O) groups is 2. The molecule has 1 saturated carbocycles. The zero-order valence-electron chi connectivity index (χ0n) is 19.9. The first-order valence-corrected chi connectivity index (χ1v) is 13.0. The van der Waals surface area contributed by atoms with Crippen molar-refractivity contribution in [2.45, 2.75) is 77.3 Å². The Morgan fingerprint density at radius 3 is 2.30 bits per heavy atom. The highest BCUT2D eigenvalue weighted by Gasteiger charge is 2.28. The summed E-state index contributed by atoms with van der Waals surface area (Å²) in [4.78, 5) is 27.9. The minimum atomic E-state index is -0.591. The van der Waals surface area contributed by atoms with Gasteiger partial charge in [0.15, 0.2) is 0 Å². The van der Waals surface area contributed by atoms with Gasteiger partial charge in [-0.2, -0.15) is 0 Å². The summed E-state index contributed by atoms with van der Waals surface area (Å²) in [5.74, 6) is 0.511. The van der Waals surface area contributed by atoms with Crippen LogP contribution in [0.3, 0.4) is 0 Å². The van der Waals surface area contributed by atoms with E-state index in [9.17, 15) is 14.0 Å². The number of benzene rings is 2. The Morgan fingerprint density at radius 2 is 1.67 bits per heavy atom. The fourth-order valence-corrected chi connectivity index (χ4v) is 5.27. The third-order valence-corrected chi connectivity index (χ3v) is 7.15. The maximum atomic E-state index is 13.4. The lowest BCUT2D eigenvalue weighted by Crippen LogP contribution is -2.50. The van der Waals surface area contributed by atoms with Gasteiger partial charge in [0.1, 0.15) is 11.9 Å². The minimum absolute atomic E-state index is 0.0833. The van der Waals surface area contributed by atoms with E-state index in [0.717, 1.165) is 37.0 Å². The highest BCUT2D eigenvalue weighted by molar-refractivity contribution is 7.99. The van der Waals surface area contributed by atoms with E-state index in [4.69, 9.17) is 0 Å². The average molecular weight is 471 g/mol. The van der Waals surface area contributed by atoms with E-state index in [2.05, 4.69) is 37.4 Å². The largest absolute Gasteiger partial charge is 0.352 e. The van der Waals surface area contributed by atoms with Crippen molar-refractivity contribution in [3.05, 3.63) is 70.5 Å². The Kier molecular flexibility index (Phi) is 9.36. The third kappa shape index (κ3) is 7.88. The standard InChI is InChI=1S/C27H35FN2O2S/c1-19-13-20(2)15-23(14-19)17-33-18-26(31)30(16-22-9-11-24(28)12-10-22)21(3)27(32)29-25-7-5-4-6-8-25/h9-15,21,25H,4-8,16-18H2,1-3H3,(H,29,32)/t21-/m1/s1. The first-order chi connectivity index (χ1) is 15.8. The summed E-state index contributed by atoms with van der Waals surface area (Å²) in [6.45, 7) is 6.21. The lowest BCUT2D eigenvalue weighted by molar-refractivity contribution is -0.139. The van der Waals surface area contributed by atoms with Crippen LogP contribution in [-0.4, -0.2) is 34.6 Å². The van der Waals surface area contributed by atoms with Gasteiger partial charge in [-0.05, 0) is 56.9 Å². The quantitative estimate of drug-likeness (QED) is 0.523. The van der Waals surface area contributed by atoms with Crippen LogP contribution in [0.1, 0.15) is 61.3 Å². The lowest BCUT2D eigenvalue weighted by atomic mass is 9.95. The SMILES string of the molecule is Cc1cc(C)cc(CSCC(=O)N(Cc2ccc(F)cc2)[C@H](C)C(=O)NC2CCCCC2)c1. The van der Waals surface area contributed by atoms with Crippen molar-refractivity contribution in [1.29, 1.82) is 0 Å². The van der Waals surface area contributed by atoms with Gasteiger partial charge in [0, 0.05) is 18.3 Å². The predicted molar refractivity (Wildman–Crippen MR) is 134 cm³/mol. The van der Waals surface area contributed by atoms with E-state index in [1.54, 1.807) is 35.7 Å². The van der Waals surface area contributed by atoms with Crippen LogP contribution < -0.4 is 5.32 Å². The van der Waals surface area contributed by atoms with Crippen molar-refractivity contribution in [2.24, 2.45) is 0 Å². The molecule has 0 spiro atoms. The topological polar surface area (TPSA) is 49.4 Å². The smallest absolute Gasteiger partial charge is 0.242 e. The van der Waals surface area contributed by atoms with Crippen LogP contribution in [0.15, 0.2) is 42.5 Å². The molecule has 2 aromatic carbocycles. The molecule has 0 saturated heterocycles. The second kappa shape index (κ2) is 12.2. The summed E-state index contributed by atoms with van der Waals surface area (Å²) in [6.07, 6.45) is 5.47. The van der Waals surface area contributed by atoms with Gasteiger partial charge in [-0.3, -0.25) is 9.59 Å². The van der Waals surface area contributed by atoms with Crippen LogP contribution in [0.4, 0.5) is 4.39 Å². The number of thioether (sulfide) groups is 1. The summed E-state index contributed by atoms with van der Waals surface area (Å²) < 4.78 is 13.4. The summed E-state index contributed by atoms with van der Waals surface area (Å²) in [7, 11) is 0. The Hall–Kier alpha value is -2.34. The van der Waals surface area contributed by atoms with Crippen LogP contribution in [0.25, 0.3) is 0 Å². The van der Waals surface area contributed by atoms with Gasteiger partial charge in [-0.25, -0.2) is 4.39 Å². The minimum Gasteiger partial charge on any atom is -0.352 e. The molecule has 0 unspecified atom stereocenters. The summed E-state index contributed by atoms with van der Waals surface area (Å²) >= 11 is 1.56. The molecule has 0 bridgehead atoms. The second-order valence-corrected chi connectivity index (χ2v) is 10.1. The van der Waals surface area contributed by atoms with Gasteiger partial charge in [-0.15, -0.1) is 11.8 Å². The average Bonchev–Trinajstić information content (AvgIpc) is 2.78. The zero-order valence-corrected chi connectivity index (χ0v) is 20.7. The summed E-state index contributed by atoms with van der Waals surface area (Å²) in [5, 5.41) is 3.14. The zero-order chi connectivity index (χ0) is 23.8. The van der Waals surface area contributed by atoms with Crippen LogP contribution in [0, 0.1) is 19.7 Å². The number of halogens is 1. The molecule has 6 heteroatoms. The molecule has 33 heavy (non-hydrogen) atoms. The Morgan fingerprint density at radius 1 is 1.03 bits per heavy atom. The number of hydrogen-bond donors (Lipinski definition) is 1. The number of aryl methyl sites for hydroxylation is 2. The van der Waals surface area contributed by atoms with E-state index in [0.29, 0.717) is 0 Å². The Labute approximate surface area is 201 Å². The lowest BCUT2D eigenvalue weighted by Gasteiger charge is -2.31. The predicted octanol–water partition coefficient (Wildman–Crippen LogP) is 5.54. The first-order valence-electron chi connectivity index (χ1n) is 11.8. The van der Waals surface area contributed by atoms with Crippen LogP contribution in [0.5, 0.6) is 0 Å². The van der Waals surface area contributed by atoms with Crippen molar-refractivity contribution in [3.63, 3.8) is 0 Å². The Bertz CT molecular complexity index is 921. The molecule has 2 amide bonds. The fourth-order valence-electron chi connectivity index (χ4n) is 4.43. The van der Waals surface area contributed by atoms with Crippen molar-refractivity contribution in [1.82, 2.24) is 10.2 Å². The molecule has 0 radical (unpaired) electrons. The molecular formula is C27H35FN2O2S. The molecule has 2 aromatic rings. The first kappa shape index (κ1) is 25.3. The molecule has 4 nitrogen and oxygen atoms in total. The van der Waals surface area contributed by atoms with E-state index in [1.165, 1.54) is 35.2 Å². The van der Waals surface area contributed by atoms with Crippen LogP contribution in [-0.2, 0) is 21.9 Å². The molecule has 1 fully saturated rings. The number of rotatable bonds is 9. The third-order valence-electron chi connectivity index (χ3n) is 6.16. The number of amides is 2. The molecule has 0 aromatic heterocycles. The molecule has 3 rings (SSSR count). The molecule has 0 aliphatic heterocycles. The summed E-state index contributed by atoms with van der Waals surface area (Å²) in [6, 6.07) is 12.1. The van der Waals surface area contributed by atoms with E-state index in [1.807, 2.05) is 0 Å². The summed E-state index contributed by atoms with van der Waals surface area (Å²) in [5.41, 5.74) is 4.42. The molecule has 1 aliphatic carbocycles. The highest BCUT2D eigenvalue weighted by atomic mass is 32.2. The van der Waals surface area contributed by atoms with Crippen molar-refractivity contribution in [3.8, 4) is 0 Å². The van der Waals surface area contributed by atoms with Gasteiger partial charge >= 0.3 is 0 Å². The van der Waals surface area contributed by atoms with Gasteiger partial charge < -0.3 is 10.2 Å². The van der Waals surface area contributed by atoms with E-state index in [-0.39, 0.29) is 36.0 Å². The molecule has 1 atom stereocenters. The number of hydrogen-bond acceptors (Lipinski definition) is 3. The molecule has 0 heterocycles.